The molecule has 0 amide bonds. The second kappa shape index (κ2) is 8.34. The van der Waals surface area contributed by atoms with Crippen LogP contribution in [0.15, 0.2) is 24.3 Å². The Kier molecular flexibility index (Phi) is 7.01. The van der Waals surface area contributed by atoms with Crippen LogP contribution in [0.5, 0.6) is 5.75 Å². The molecule has 0 bridgehead atoms. The van der Waals surface area contributed by atoms with Gasteiger partial charge in [-0.3, -0.25) is 0 Å². The standard InChI is InChI=1S/C13H21ClN2O/c1-16(9-2-8-15)10-3-11-17-13-6-4-12(14)5-7-13/h4-7H,2-3,8-11,15H2,1H3. The zero-order valence-electron chi connectivity index (χ0n) is 10.4. The lowest BCUT2D eigenvalue weighted by Crippen LogP contribution is -2.24. The highest BCUT2D eigenvalue weighted by Crippen LogP contribution is 2.15. The molecule has 0 aliphatic rings. The number of nitrogens with two attached hydrogens (primary N) is 1. The second-order valence-electron chi connectivity index (χ2n) is 4.10. The van der Waals surface area contributed by atoms with Crippen LogP contribution in [0.2, 0.25) is 5.02 Å². The Bertz CT molecular complexity index is 303. The van der Waals surface area contributed by atoms with Crippen molar-refractivity contribution in [1.29, 1.82) is 0 Å². The van der Waals surface area contributed by atoms with Crippen molar-refractivity contribution < 1.29 is 4.74 Å². The Balaban J connectivity index is 2.09. The molecule has 96 valence electrons. The van der Waals surface area contributed by atoms with Gasteiger partial charge in [0.2, 0.25) is 0 Å². The molecule has 0 saturated heterocycles. The average molecular weight is 257 g/mol. The SMILES string of the molecule is CN(CCCN)CCCOc1ccc(Cl)cc1. The minimum atomic E-state index is 0.731. The highest BCUT2D eigenvalue weighted by molar-refractivity contribution is 6.30. The van der Waals surface area contributed by atoms with E-state index in [0.29, 0.717) is 0 Å². The average Bonchev–Trinajstić information content (AvgIpc) is 2.34. The van der Waals surface area contributed by atoms with E-state index in [1.807, 2.05) is 24.3 Å². The van der Waals surface area contributed by atoms with Gasteiger partial charge in [-0.25, -0.2) is 0 Å². The summed E-state index contributed by atoms with van der Waals surface area (Å²) in [6, 6.07) is 7.45. The van der Waals surface area contributed by atoms with Gasteiger partial charge in [-0.1, -0.05) is 11.6 Å². The van der Waals surface area contributed by atoms with Gasteiger partial charge in [0.1, 0.15) is 5.75 Å². The molecule has 1 rings (SSSR count). The molecule has 1 aromatic carbocycles. The lowest BCUT2D eigenvalue weighted by Gasteiger charge is -2.15. The van der Waals surface area contributed by atoms with Crippen LogP contribution in [0.1, 0.15) is 12.8 Å². The van der Waals surface area contributed by atoms with Crippen molar-refractivity contribution in [2.24, 2.45) is 5.73 Å². The molecule has 0 aromatic heterocycles. The molecule has 0 saturated carbocycles. The van der Waals surface area contributed by atoms with E-state index in [1.54, 1.807) is 0 Å². The van der Waals surface area contributed by atoms with Gasteiger partial charge in [-0.2, -0.15) is 0 Å². The Labute approximate surface area is 109 Å². The number of halogens is 1. The monoisotopic (exact) mass is 256 g/mol. The molecule has 0 unspecified atom stereocenters. The molecule has 2 N–H and O–H groups in total. The van der Waals surface area contributed by atoms with Crippen LogP contribution in [0.4, 0.5) is 0 Å². The molecule has 0 radical (unpaired) electrons. The molecule has 0 aliphatic heterocycles. The van der Waals surface area contributed by atoms with E-state index >= 15 is 0 Å². The van der Waals surface area contributed by atoms with Crippen molar-refractivity contribution in [3.05, 3.63) is 29.3 Å². The first-order valence-corrected chi connectivity index (χ1v) is 6.37. The van der Waals surface area contributed by atoms with E-state index in [0.717, 1.165) is 49.9 Å². The summed E-state index contributed by atoms with van der Waals surface area (Å²) in [4.78, 5) is 2.28. The topological polar surface area (TPSA) is 38.5 Å². The van der Waals surface area contributed by atoms with E-state index in [1.165, 1.54) is 0 Å². The molecule has 17 heavy (non-hydrogen) atoms. The number of rotatable bonds is 8. The van der Waals surface area contributed by atoms with Gasteiger partial charge in [-0.05, 0) is 57.2 Å². The minimum absolute atomic E-state index is 0.731. The van der Waals surface area contributed by atoms with E-state index < -0.39 is 0 Å². The number of hydrogen-bond donors (Lipinski definition) is 1. The van der Waals surface area contributed by atoms with Crippen LogP contribution >= 0.6 is 11.6 Å². The quantitative estimate of drug-likeness (QED) is 0.726. The van der Waals surface area contributed by atoms with Crippen molar-refractivity contribution in [3.8, 4) is 5.75 Å². The van der Waals surface area contributed by atoms with Gasteiger partial charge in [0, 0.05) is 11.6 Å². The van der Waals surface area contributed by atoms with Crippen molar-refractivity contribution in [3.63, 3.8) is 0 Å². The first-order valence-electron chi connectivity index (χ1n) is 5.99. The summed E-state index contributed by atoms with van der Waals surface area (Å²) >= 11 is 5.79. The second-order valence-corrected chi connectivity index (χ2v) is 4.54. The summed E-state index contributed by atoms with van der Waals surface area (Å²) in [5, 5.41) is 0.735. The van der Waals surface area contributed by atoms with Crippen LogP contribution < -0.4 is 10.5 Å². The third kappa shape index (κ3) is 6.51. The predicted octanol–water partition coefficient (Wildman–Crippen LogP) is 2.39. The van der Waals surface area contributed by atoms with Crippen LogP contribution in [-0.4, -0.2) is 38.2 Å². The molecule has 0 atom stereocenters. The normalized spacial score (nSPS) is 10.8. The van der Waals surface area contributed by atoms with Gasteiger partial charge in [0.25, 0.3) is 0 Å². The zero-order valence-corrected chi connectivity index (χ0v) is 11.1. The summed E-state index contributed by atoms with van der Waals surface area (Å²) < 4.78 is 5.61. The third-order valence-electron chi connectivity index (χ3n) is 2.51. The highest BCUT2D eigenvalue weighted by atomic mass is 35.5. The van der Waals surface area contributed by atoms with Crippen LogP contribution in [0, 0.1) is 0 Å². The van der Waals surface area contributed by atoms with Crippen LogP contribution in [0.3, 0.4) is 0 Å². The molecular formula is C13H21ClN2O. The largest absolute Gasteiger partial charge is 0.494 e. The number of benzene rings is 1. The molecule has 1 aromatic rings. The number of hydrogen-bond acceptors (Lipinski definition) is 3. The molecule has 3 nitrogen and oxygen atoms in total. The van der Waals surface area contributed by atoms with Crippen molar-refractivity contribution >= 4 is 11.6 Å². The fourth-order valence-corrected chi connectivity index (χ4v) is 1.65. The Hall–Kier alpha value is -0.770. The van der Waals surface area contributed by atoms with Gasteiger partial charge >= 0.3 is 0 Å². The summed E-state index contributed by atoms with van der Waals surface area (Å²) in [6.07, 6.45) is 2.07. The van der Waals surface area contributed by atoms with Crippen molar-refractivity contribution in [1.82, 2.24) is 4.90 Å². The first kappa shape index (κ1) is 14.3. The lowest BCUT2D eigenvalue weighted by atomic mass is 10.3. The summed E-state index contributed by atoms with van der Waals surface area (Å²) in [5.41, 5.74) is 5.46. The maximum Gasteiger partial charge on any atom is 0.119 e. The smallest absolute Gasteiger partial charge is 0.119 e. The highest BCUT2D eigenvalue weighted by Gasteiger charge is 1.98. The molecular weight excluding hydrogens is 236 g/mol. The van der Waals surface area contributed by atoms with E-state index in [4.69, 9.17) is 22.1 Å². The van der Waals surface area contributed by atoms with Gasteiger partial charge in [0.05, 0.1) is 6.61 Å². The summed E-state index contributed by atoms with van der Waals surface area (Å²) in [6.45, 7) is 3.57. The molecule has 0 spiro atoms. The number of ether oxygens (including phenoxy) is 1. The molecule has 4 heteroatoms. The van der Waals surface area contributed by atoms with Gasteiger partial charge in [-0.15, -0.1) is 0 Å². The van der Waals surface area contributed by atoms with Gasteiger partial charge in [0.15, 0.2) is 0 Å². The fraction of sp³-hybridized carbons (Fsp3) is 0.538. The number of nitrogens with zero attached hydrogens (tertiary/aromatic N) is 1. The maximum atomic E-state index is 5.79. The molecule has 0 fully saturated rings. The van der Waals surface area contributed by atoms with E-state index in [2.05, 4.69) is 11.9 Å². The third-order valence-corrected chi connectivity index (χ3v) is 2.76. The Morgan fingerprint density at radius 1 is 1.18 bits per heavy atom. The van der Waals surface area contributed by atoms with Crippen LogP contribution in [-0.2, 0) is 0 Å². The Morgan fingerprint density at radius 2 is 1.82 bits per heavy atom. The van der Waals surface area contributed by atoms with Crippen molar-refractivity contribution in [2.75, 3.05) is 33.3 Å². The zero-order chi connectivity index (χ0) is 12.5. The summed E-state index contributed by atoms with van der Waals surface area (Å²) in [7, 11) is 2.11. The molecule has 0 heterocycles. The lowest BCUT2D eigenvalue weighted by molar-refractivity contribution is 0.262. The van der Waals surface area contributed by atoms with Crippen molar-refractivity contribution in [2.45, 2.75) is 12.8 Å². The van der Waals surface area contributed by atoms with Crippen LogP contribution in [0.25, 0.3) is 0 Å². The van der Waals surface area contributed by atoms with Gasteiger partial charge < -0.3 is 15.4 Å². The predicted molar refractivity (Wildman–Crippen MR) is 72.7 cm³/mol. The minimum Gasteiger partial charge on any atom is -0.494 e. The fourth-order valence-electron chi connectivity index (χ4n) is 1.53. The Morgan fingerprint density at radius 3 is 2.47 bits per heavy atom. The summed E-state index contributed by atoms with van der Waals surface area (Å²) in [5.74, 6) is 0.874. The van der Waals surface area contributed by atoms with E-state index in [9.17, 15) is 0 Å². The maximum absolute atomic E-state index is 5.79. The first-order chi connectivity index (χ1) is 8.22. The van der Waals surface area contributed by atoms with E-state index in [-0.39, 0.29) is 0 Å². The molecule has 0 aliphatic carbocycles.